The maximum atomic E-state index is 4.08. The van der Waals surface area contributed by atoms with Crippen molar-refractivity contribution in [3.63, 3.8) is 0 Å². The highest BCUT2D eigenvalue weighted by molar-refractivity contribution is 5.30. The molecule has 0 radical (unpaired) electrons. The van der Waals surface area contributed by atoms with Crippen LogP contribution in [0, 0.1) is 5.92 Å². The summed E-state index contributed by atoms with van der Waals surface area (Å²) >= 11 is 0. The van der Waals surface area contributed by atoms with Crippen molar-refractivity contribution in [3.05, 3.63) is 48.6 Å². The molecule has 0 amide bonds. The highest BCUT2D eigenvalue weighted by Crippen LogP contribution is 2.41. The van der Waals surface area contributed by atoms with Crippen molar-refractivity contribution in [2.45, 2.75) is 44.4 Å². The quantitative estimate of drug-likeness (QED) is 0.639. The van der Waals surface area contributed by atoms with E-state index >= 15 is 0 Å². The summed E-state index contributed by atoms with van der Waals surface area (Å²) < 4.78 is 0. The Morgan fingerprint density at radius 1 is 1.12 bits per heavy atom. The van der Waals surface area contributed by atoms with Crippen molar-refractivity contribution in [1.82, 2.24) is 0 Å². The molecule has 0 saturated heterocycles. The maximum Gasteiger partial charge on any atom is 0.0129 e. The molecule has 1 aliphatic carbocycles. The number of hydrogen-bond acceptors (Lipinski definition) is 0. The summed E-state index contributed by atoms with van der Waals surface area (Å²) in [7, 11) is 0. The van der Waals surface area contributed by atoms with Crippen molar-refractivity contribution in [2.24, 2.45) is 5.92 Å². The van der Waals surface area contributed by atoms with Crippen LogP contribution in [0.15, 0.2) is 43.0 Å². The van der Waals surface area contributed by atoms with Gasteiger partial charge >= 0.3 is 0 Å². The fourth-order valence-corrected chi connectivity index (χ4v) is 3.02. The molecule has 0 bridgehead atoms. The van der Waals surface area contributed by atoms with Gasteiger partial charge in [-0.15, -0.1) is 6.58 Å². The third-order valence-corrected chi connectivity index (χ3v) is 4.27. The lowest BCUT2D eigenvalue weighted by Crippen LogP contribution is -2.31. The van der Waals surface area contributed by atoms with Crippen molar-refractivity contribution in [2.75, 3.05) is 0 Å². The SMILES string of the molecule is C=CC(C)(c1ccccc1)C1CCCCC1. The fourth-order valence-electron chi connectivity index (χ4n) is 3.02. The van der Waals surface area contributed by atoms with Gasteiger partial charge in [-0.05, 0) is 24.3 Å². The summed E-state index contributed by atoms with van der Waals surface area (Å²) in [5, 5.41) is 0. The molecule has 0 spiro atoms. The first-order chi connectivity index (χ1) is 7.77. The molecule has 1 aromatic carbocycles. The van der Waals surface area contributed by atoms with Gasteiger partial charge in [0.2, 0.25) is 0 Å². The average Bonchev–Trinajstić information content (AvgIpc) is 2.40. The highest BCUT2D eigenvalue weighted by Gasteiger charge is 2.33. The molecule has 1 fully saturated rings. The molecule has 86 valence electrons. The van der Waals surface area contributed by atoms with Crippen LogP contribution in [0.3, 0.4) is 0 Å². The highest BCUT2D eigenvalue weighted by atomic mass is 14.4. The van der Waals surface area contributed by atoms with Crippen molar-refractivity contribution in [1.29, 1.82) is 0 Å². The predicted octanol–water partition coefficient (Wildman–Crippen LogP) is 4.71. The van der Waals surface area contributed by atoms with Crippen LogP contribution >= 0.6 is 0 Å². The molecule has 0 nitrogen and oxygen atoms in total. The molecule has 0 N–H and O–H groups in total. The Balaban J connectivity index is 2.27. The second kappa shape index (κ2) is 4.86. The van der Waals surface area contributed by atoms with E-state index in [1.54, 1.807) is 0 Å². The second-order valence-electron chi connectivity index (χ2n) is 5.19. The molecule has 2 rings (SSSR count). The second-order valence-corrected chi connectivity index (χ2v) is 5.19. The largest absolute Gasteiger partial charge is 0.102 e. The lowest BCUT2D eigenvalue weighted by atomic mass is 9.66. The van der Waals surface area contributed by atoms with Gasteiger partial charge < -0.3 is 0 Å². The summed E-state index contributed by atoms with van der Waals surface area (Å²) in [6.45, 7) is 6.44. The summed E-state index contributed by atoms with van der Waals surface area (Å²) in [6, 6.07) is 10.9. The Kier molecular flexibility index (Phi) is 3.48. The van der Waals surface area contributed by atoms with Gasteiger partial charge in [0, 0.05) is 5.41 Å². The minimum absolute atomic E-state index is 0.168. The van der Waals surface area contributed by atoms with Gasteiger partial charge in [-0.1, -0.05) is 62.6 Å². The molecule has 0 heteroatoms. The van der Waals surface area contributed by atoms with Crippen LogP contribution in [-0.2, 0) is 5.41 Å². The molecule has 1 unspecified atom stereocenters. The minimum atomic E-state index is 0.168. The van der Waals surface area contributed by atoms with Gasteiger partial charge in [-0.2, -0.15) is 0 Å². The van der Waals surface area contributed by atoms with Crippen LogP contribution in [0.4, 0.5) is 0 Å². The van der Waals surface area contributed by atoms with Gasteiger partial charge in [0.05, 0.1) is 0 Å². The van der Waals surface area contributed by atoms with E-state index in [4.69, 9.17) is 0 Å². The molecule has 0 aromatic heterocycles. The number of rotatable bonds is 3. The van der Waals surface area contributed by atoms with E-state index in [0.717, 1.165) is 5.92 Å². The standard InChI is InChI=1S/C16H22/c1-3-16(2,14-10-6-4-7-11-14)15-12-8-5-9-13-15/h3-4,6-7,10-11,15H,1,5,8-9,12-13H2,2H3. The van der Waals surface area contributed by atoms with E-state index in [-0.39, 0.29) is 5.41 Å². The first kappa shape index (κ1) is 11.4. The summed E-state index contributed by atoms with van der Waals surface area (Å²) in [6.07, 6.45) is 9.08. The lowest BCUT2D eigenvalue weighted by Gasteiger charge is -2.38. The van der Waals surface area contributed by atoms with Gasteiger partial charge in [-0.25, -0.2) is 0 Å². The van der Waals surface area contributed by atoms with Gasteiger partial charge in [0.25, 0.3) is 0 Å². The van der Waals surface area contributed by atoms with Crippen LogP contribution in [0.25, 0.3) is 0 Å². The zero-order valence-electron chi connectivity index (χ0n) is 10.3. The van der Waals surface area contributed by atoms with Gasteiger partial charge in [0.1, 0.15) is 0 Å². The first-order valence-corrected chi connectivity index (χ1v) is 6.46. The molecule has 1 aromatic rings. The van der Waals surface area contributed by atoms with Crippen LogP contribution in [-0.4, -0.2) is 0 Å². The van der Waals surface area contributed by atoms with E-state index in [2.05, 4.69) is 49.9 Å². The van der Waals surface area contributed by atoms with Crippen molar-refractivity contribution < 1.29 is 0 Å². The van der Waals surface area contributed by atoms with E-state index in [0.29, 0.717) is 0 Å². The fraction of sp³-hybridized carbons (Fsp3) is 0.500. The van der Waals surface area contributed by atoms with Crippen molar-refractivity contribution in [3.8, 4) is 0 Å². The Morgan fingerprint density at radius 2 is 1.75 bits per heavy atom. The Bertz CT molecular complexity index is 332. The number of allylic oxidation sites excluding steroid dienone is 1. The smallest absolute Gasteiger partial charge is 0.0129 e. The van der Waals surface area contributed by atoms with Crippen LogP contribution in [0.1, 0.15) is 44.6 Å². The zero-order valence-corrected chi connectivity index (χ0v) is 10.3. The number of hydrogen-bond donors (Lipinski definition) is 0. The van der Waals surface area contributed by atoms with Crippen LogP contribution < -0.4 is 0 Å². The summed E-state index contributed by atoms with van der Waals surface area (Å²) in [4.78, 5) is 0. The Morgan fingerprint density at radius 3 is 2.31 bits per heavy atom. The van der Waals surface area contributed by atoms with Crippen LogP contribution in [0.2, 0.25) is 0 Å². The summed E-state index contributed by atoms with van der Waals surface area (Å²) in [5.74, 6) is 0.779. The van der Waals surface area contributed by atoms with Gasteiger partial charge in [-0.3, -0.25) is 0 Å². The average molecular weight is 214 g/mol. The van der Waals surface area contributed by atoms with E-state index in [9.17, 15) is 0 Å². The maximum absolute atomic E-state index is 4.08. The molecule has 1 saturated carbocycles. The normalized spacial score (nSPS) is 21.3. The minimum Gasteiger partial charge on any atom is -0.102 e. The zero-order chi connectivity index (χ0) is 11.4. The third-order valence-electron chi connectivity index (χ3n) is 4.27. The molecule has 16 heavy (non-hydrogen) atoms. The predicted molar refractivity (Wildman–Crippen MR) is 70.6 cm³/mol. The van der Waals surface area contributed by atoms with E-state index in [1.807, 2.05) is 0 Å². The van der Waals surface area contributed by atoms with Crippen LogP contribution in [0.5, 0.6) is 0 Å². The third kappa shape index (κ3) is 2.07. The summed E-state index contributed by atoms with van der Waals surface area (Å²) in [5.41, 5.74) is 1.60. The van der Waals surface area contributed by atoms with Gasteiger partial charge in [0.15, 0.2) is 0 Å². The molecular weight excluding hydrogens is 192 g/mol. The Hall–Kier alpha value is -1.04. The van der Waals surface area contributed by atoms with E-state index < -0.39 is 0 Å². The molecular formula is C16H22. The van der Waals surface area contributed by atoms with Crippen molar-refractivity contribution >= 4 is 0 Å². The monoisotopic (exact) mass is 214 g/mol. The number of benzene rings is 1. The molecule has 0 aliphatic heterocycles. The Labute approximate surface area is 99.4 Å². The first-order valence-electron chi connectivity index (χ1n) is 6.46. The topological polar surface area (TPSA) is 0 Å². The molecule has 0 heterocycles. The van der Waals surface area contributed by atoms with E-state index in [1.165, 1.54) is 37.7 Å². The molecule has 1 atom stereocenters. The molecule has 1 aliphatic rings. The lowest BCUT2D eigenvalue weighted by molar-refractivity contribution is 0.261.